The fourth-order valence-corrected chi connectivity index (χ4v) is 1.73. The predicted octanol–water partition coefficient (Wildman–Crippen LogP) is 2.99. The number of halogens is 1. The van der Waals surface area contributed by atoms with E-state index in [4.69, 9.17) is 4.42 Å². The van der Waals surface area contributed by atoms with Gasteiger partial charge in [0, 0.05) is 5.56 Å². The summed E-state index contributed by atoms with van der Waals surface area (Å²) >= 11 is 0. The molecule has 4 nitrogen and oxygen atoms in total. The third kappa shape index (κ3) is 2.40. The number of rotatable bonds is 3. The summed E-state index contributed by atoms with van der Waals surface area (Å²) in [6, 6.07) is 5.52. The largest absolute Gasteiger partial charge is 0.465 e. The molecule has 0 saturated heterocycles. The number of methoxy groups -OCH3 is 1. The van der Waals surface area contributed by atoms with Gasteiger partial charge >= 0.3 is 5.97 Å². The summed E-state index contributed by atoms with van der Waals surface area (Å²) in [5, 5.41) is 0. The first-order chi connectivity index (χ1) is 9.06. The molecule has 2 aromatic rings. The van der Waals surface area contributed by atoms with E-state index in [-0.39, 0.29) is 22.6 Å². The van der Waals surface area contributed by atoms with Crippen LogP contribution >= 0.6 is 0 Å². The highest BCUT2D eigenvalue weighted by molar-refractivity contribution is 5.97. The summed E-state index contributed by atoms with van der Waals surface area (Å²) in [4.78, 5) is 22.3. The van der Waals surface area contributed by atoms with Crippen molar-refractivity contribution in [2.75, 3.05) is 7.11 Å². The van der Waals surface area contributed by atoms with Crippen molar-refractivity contribution < 1.29 is 23.1 Å². The molecular weight excluding hydrogens is 251 g/mol. The zero-order valence-electron chi connectivity index (χ0n) is 10.4. The minimum Gasteiger partial charge on any atom is -0.465 e. The van der Waals surface area contributed by atoms with Crippen molar-refractivity contribution in [3.63, 3.8) is 0 Å². The molecule has 5 heteroatoms. The van der Waals surface area contributed by atoms with Crippen LogP contribution in [0.5, 0.6) is 0 Å². The molecule has 0 fully saturated rings. The normalized spacial score (nSPS) is 10.3. The number of benzene rings is 1. The highest BCUT2D eigenvalue weighted by atomic mass is 19.1. The summed E-state index contributed by atoms with van der Waals surface area (Å²) in [7, 11) is 1.24. The van der Waals surface area contributed by atoms with Crippen molar-refractivity contribution in [2.24, 2.45) is 0 Å². The van der Waals surface area contributed by atoms with E-state index in [1.165, 1.54) is 31.4 Å². The molecule has 0 bridgehead atoms. The monoisotopic (exact) mass is 262 g/mol. The molecule has 0 atom stereocenters. The number of aryl methyl sites for hydroxylation is 1. The number of carbonyl (C=O) groups is 2. The Morgan fingerprint density at radius 1 is 1.37 bits per heavy atom. The maximum Gasteiger partial charge on any atom is 0.338 e. The number of esters is 1. The molecule has 0 aliphatic carbocycles. The van der Waals surface area contributed by atoms with Crippen LogP contribution in [0.3, 0.4) is 0 Å². The smallest absolute Gasteiger partial charge is 0.338 e. The molecular formula is C14H11FO4. The maximum absolute atomic E-state index is 13.6. The van der Waals surface area contributed by atoms with Gasteiger partial charge in [-0.25, -0.2) is 9.18 Å². The Morgan fingerprint density at radius 3 is 2.68 bits per heavy atom. The Kier molecular flexibility index (Phi) is 3.46. The van der Waals surface area contributed by atoms with Crippen molar-refractivity contribution in [2.45, 2.75) is 6.92 Å². The zero-order chi connectivity index (χ0) is 14.0. The van der Waals surface area contributed by atoms with Crippen LogP contribution in [0.1, 0.15) is 26.5 Å². The minimum atomic E-state index is -0.595. The van der Waals surface area contributed by atoms with Gasteiger partial charge in [0.25, 0.3) is 0 Å². The van der Waals surface area contributed by atoms with Crippen LogP contribution in [-0.2, 0) is 4.74 Å². The van der Waals surface area contributed by atoms with Gasteiger partial charge < -0.3 is 9.15 Å². The van der Waals surface area contributed by atoms with Gasteiger partial charge in [0.1, 0.15) is 11.6 Å². The molecule has 2 rings (SSSR count). The first-order valence-electron chi connectivity index (χ1n) is 5.50. The van der Waals surface area contributed by atoms with Crippen LogP contribution in [0.25, 0.3) is 11.3 Å². The third-order valence-electron chi connectivity index (χ3n) is 2.71. The second-order valence-corrected chi connectivity index (χ2v) is 3.96. The fraction of sp³-hybridized carbons (Fsp3) is 0.143. The van der Waals surface area contributed by atoms with Crippen molar-refractivity contribution in [1.29, 1.82) is 0 Å². The molecule has 0 amide bonds. The summed E-state index contributed by atoms with van der Waals surface area (Å²) in [6.07, 6.45) is 0.534. The molecule has 0 N–H and O–H groups in total. The van der Waals surface area contributed by atoms with E-state index < -0.39 is 11.8 Å². The van der Waals surface area contributed by atoms with Crippen LogP contribution in [-0.4, -0.2) is 19.4 Å². The van der Waals surface area contributed by atoms with Crippen LogP contribution in [0.4, 0.5) is 4.39 Å². The Balaban J connectivity index is 2.63. The molecule has 0 aliphatic rings. The lowest BCUT2D eigenvalue weighted by molar-refractivity contribution is 0.0601. The van der Waals surface area contributed by atoms with Crippen LogP contribution in [0, 0.1) is 12.7 Å². The number of carbonyl (C=O) groups excluding carboxylic acids is 2. The third-order valence-corrected chi connectivity index (χ3v) is 2.71. The van der Waals surface area contributed by atoms with E-state index >= 15 is 0 Å². The number of hydrogen-bond acceptors (Lipinski definition) is 4. The topological polar surface area (TPSA) is 56.5 Å². The SMILES string of the molecule is COC(=O)c1cc(C)c(F)cc1-c1ccc(C=O)o1. The Morgan fingerprint density at radius 2 is 2.11 bits per heavy atom. The predicted molar refractivity (Wildman–Crippen MR) is 65.6 cm³/mol. The van der Waals surface area contributed by atoms with E-state index in [1.54, 1.807) is 6.92 Å². The molecule has 0 radical (unpaired) electrons. The summed E-state index contributed by atoms with van der Waals surface area (Å²) in [5.74, 6) is -0.720. The quantitative estimate of drug-likeness (QED) is 0.630. The number of furan rings is 1. The maximum atomic E-state index is 13.6. The van der Waals surface area contributed by atoms with E-state index in [9.17, 15) is 14.0 Å². The molecule has 0 spiro atoms. The molecule has 0 aliphatic heterocycles. The lowest BCUT2D eigenvalue weighted by Crippen LogP contribution is -2.05. The van der Waals surface area contributed by atoms with Crippen molar-refractivity contribution in [3.8, 4) is 11.3 Å². The average Bonchev–Trinajstić information content (AvgIpc) is 2.89. The van der Waals surface area contributed by atoms with Crippen molar-refractivity contribution >= 4 is 12.3 Å². The van der Waals surface area contributed by atoms with Gasteiger partial charge in [-0.2, -0.15) is 0 Å². The van der Waals surface area contributed by atoms with Crippen molar-refractivity contribution in [1.82, 2.24) is 0 Å². The fourth-order valence-electron chi connectivity index (χ4n) is 1.73. The average molecular weight is 262 g/mol. The molecule has 1 heterocycles. The lowest BCUT2D eigenvalue weighted by Gasteiger charge is -2.08. The Labute approximate surface area is 108 Å². The van der Waals surface area contributed by atoms with Crippen LogP contribution in [0.15, 0.2) is 28.7 Å². The summed E-state index contributed by atoms with van der Waals surface area (Å²) in [5.41, 5.74) is 0.766. The Bertz CT molecular complexity index is 643. The molecule has 1 aromatic carbocycles. The van der Waals surface area contributed by atoms with Gasteiger partial charge in [-0.05, 0) is 36.8 Å². The van der Waals surface area contributed by atoms with Crippen LogP contribution < -0.4 is 0 Å². The van der Waals surface area contributed by atoms with Gasteiger partial charge in [-0.3, -0.25) is 4.79 Å². The van der Waals surface area contributed by atoms with Gasteiger partial charge in [0.15, 0.2) is 12.0 Å². The second-order valence-electron chi connectivity index (χ2n) is 3.96. The molecule has 0 unspecified atom stereocenters. The first-order valence-corrected chi connectivity index (χ1v) is 5.50. The van der Waals surface area contributed by atoms with E-state index in [0.717, 1.165) is 0 Å². The van der Waals surface area contributed by atoms with E-state index in [2.05, 4.69) is 4.74 Å². The minimum absolute atomic E-state index is 0.104. The summed E-state index contributed by atoms with van der Waals surface area (Å²) < 4.78 is 23.5. The molecule has 19 heavy (non-hydrogen) atoms. The van der Waals surface area contributed by atoms with Gasteiger partial charge in [-0.1, -0.05) is 0 Å². The molecule has 0 saturated carbocycles. The number of aldehydes is 1. The zero-order valence-corrected chi connectivity index (χ0v) is 10.4. The standard InChI is InChI=1S/C14H11FO4/c1-8-5-11(14(17)18-2)10(6-12(8)15)13-4-3-9(7-16)19-13/h3-7H,1-2H3. The van der Waals surface area contributed by atoms with E-state index in [0.29, 0.717) is 11.8 Å². The second kappa shape index (κ2) is 5.06. The summed E-state index contributed by atoms with van der Waals surface area (Å²) in [6.45, 7) is 1.55. The highest BCUT2D eigenvalue weighted by Gasteiger charge is 2.18. The van der Waals surface area contributed by atoms with Crippen molar-refractivity contribution in [3.05, 3.63) is 47.0 Å². The molecule has 98 valence electrons. The van der Waals surface area contributed by atoms with Gasteiger partial charge in [-0.15, -0.1) is 0 Å². The van der Waals surface area contributed by atoms with Crippen LogP contribution in [0.2, 0.25) is 0 Å². The molecule has 1 aromatic heterocycles. The van der Waals surface area contributed by atoms with Gasteiger partial charge in [0.2, 0.25) is 0 Å². The van der Waals surface area contributed by atoms with Gasteiger partial charge in [0.05, 0.1) is 12.7 Å². The Hall–Kier alpha value is -2.43. The highest BCUT2D eigenvalue weighted by Crippen LogP contribution is 2.28. The number of hydrogen-bond donors (Lipinski definition) is 0. The number of ether oxygens (including phenoxy) is 1. The van der Waals surface area contributed by atoms with E-state index in [1.807, 2.05) is 0 Å². The first kappa shape index (κ1) is 13.0. The lowest BCUT2D eigenvalue weighted by atomic mass is 10.0.